The lowest BCUT2D eigenvalue weighted by molar-refractivity contribution is 0.0531. The SMILES string of the molecule is CN(CC(C)(C)O)C(=O)NCc1ccn(-c2c(F)cccc2F)n1. The van der Waals surface area contributed by atoms with Gasteiger partial charge in [-0.15, -0.1) is 0 Å². The quantitative estimate of drug-likeness (QED) is 0.877. The molecule has 0 unspecified atom stereocenters. The molecule has 0 spiro atoms. The van der Waals surface area contributed by atoms with Crippen molar-refractivity contribution in [3.8, 4) is 5.69 Å². The summed E-state index contributed by atoms with van der Waals surface area (Å²) >= 11 is 0. The highest BCUT2D eigenvalue weighted by atomic mass is 19.1. The van der Waals surface area contributed by atoms with Crippen molar-refractivity contribution in [1.29, 1.82) is 0 Å². The molecule has 2 rings (SSSR count). The first kappa shape index (κ1) is 17.9. The maximum Gasteiger partial charge on any atom is 0.317 e. The van der Waals surface area contributed by atoms with Crippen LogP contribution >= 0.6 is 0 Å². The van der Waals surface area contributed by atoms with Gasteiger partial charge in [0.1, 0.15) is 5.69 Å². The summed E-state index contributed by atoms with van der Waals surface area (Å²) in [5.41, 5.74) is -0.826. The van der Waals surface area contributed by atoms with Crippen LogP contribution < -0.4 is 5.32 Å². The molecule has 1 aromatic heterocycles. The molecule has 0 aliphatic rings. The van der Waals surface area contributed by atoms with E-state index < -0.39 is 17.2 Å². The van der Waals surface area contributed by atoms with Gasteiger partial charge in [0, 0.05) is 13.2 Å². The zero-order valence-electron chi connectivity index (χ0n) is 13.8. The standard InChI is InChI=1S/C16H20F2N4O2/c1-16(2,24)10-21(3)15(23)19-9-11-7-8-22(20-11)14-12(17)5-4-6-13(14)18/h4-8,24H,9-10H2,1-3H3,(H,19,23). The highest BCUT2D eigenvalue weighted by Crippen LogP contribution is 2.16. The van der Waals surface area contributed by atoms with E-state index >= 15 is 0 Å². The van der Waals surface area contributed by atoms with E-state index in [-0.39, 0.29) is 24.8 Å². The average molecular weight is 338 g/mol. The van der Waals surface area contributed by atoms with Gasteiger partial charge < -0.3 is 15.3 Å². The molecule has 2 amide bonds. The Morgan fingerprint density at radius 1 is 1.33 bits per heavy atom. The molecule has 0 fully saturated rings. The molecule has 8 heteroatoms. The minimum Gasteiger partial charge on any atom is -0.389 e. The lowest BCUT2D eigenvalue weighted by Gasteiger charge is -2.25. The third-order valence-electron chi connectivity index (χ3n) is 3.20. The number of nitrogens with zero attached hydrogens (tertiary/aromatic N) is 3. The molecule has 0 saturated carbocycles. The number of carbonyl (C=O) groups is 1. The maximum absolute atomic E-state index is 13.7. The zero-order chi connectivity index (χ0) is 17.9. The molecule has 1 heterocycles. The molecule has 0 radical (unpaired) electrons. The Morgan fingerprint density at radius 3 is 2.54 bits per heavy atom. The fourth-order valence-electron chi connectivity index (χ4n) is 2.24. The molecule has 0 bridgehead atoms. The number of halogens is 2. The largest absolute Gasteiger partial charge is 0.389 e. The van der Waals surface area contributed by atoms with Gasteiger partial charge in [-0.25, -0.2) is 18.3 Å². The third-order valence-corrected chi connectivity index (χ3v) is 3.20. The van der Waals surface area contributed by atoms with Crippen LogP contribution in [0.25, 0.3) is 5.69 Å². The van der Waals surface area contributed by atoms with E-state index in [1.54, 1.807) is 27.0 Å². The normalized spacial score (nSPS) is 11.4. The van der Waals surface area contributed by atoms with E-state index in [0.29, 0.717) is 5.69 Å². The Balaban J connectivity index is 2.01. The molecule has 1 aromatic carbocycles. The van der Waals surface area contributed by atoms with Crippen molar-refractivity contribution in [1.82, 2.24) is 20.0 Å². The Hall–Kier alpha value is -2.48. The van der Waals surface area contributed by atoms with Gasteiger partial charge in [-0.05, 0) is 32.0 Å². The second kappa shape index (κ2) is 6.96. The van der Waals surface area contributed by atoms with E-state index in [1.807, 2.05) is 0 Å². The van der Waals surface area contributed by atoms with Crippen LogP contribution in [0.2, 0.25) is 0 Å². The summed E-state index contributed by atoms with van der Waals surface area (Å²) in [6, 6.07) is 4.74. The van der Waals surface area contributed by atoms with Gasteiger partial charge in [-0.2, -0.15) is 5.10 Å². The lowest BCUT2D eigenvalue weighted by atomic mass is 10.1. The van der Waals surface area contributed by atoms with Crippen LogP contribution in [0, 0.1) is 11.6 Å². The molecule has 0 aliphatic carbocycles. The lowest BCUT2D eigenvalue weighted by Crippen LogP contribution is -2.44. The molecular weight excluding hydrogens is 318 g/mol. The Morgan fingerprint density at radius 2 is 1.96 bits per heavy atom. The van der Waals surface area contributed by atoms with E-state index in [4.69, 9.17) is 0 Å². The van der Waals surface area contributed by atoms with Crippen LogP contribution in [0.1, 0.15) is 19.5 Å². The zero-order valence-corrected chi connectivity index (χ0v) is 13.8. The molecule has 6 nitrogen and oxygen atoms in total. The second-order valence-corrected chi connectivity index (χ2v) is 6.15. The highest BCUT2D eigenvalue weighted by Gasteiger charge is 2.19. The minimum atomic E-state index is -1.00. The fraction of sp³-hybridized carbons (Fsp3) is 0.375. The number of aromatic nitrogens is 2. The van der Waals surface area contributed by atoms with Crippen LogP contribution in [0.4, 0.5) is 13.6 Å². The van der Waals surface area contributed by atoms with E-state index in [9.17, 15) is 18.7 Å². The van der Waals surface area contributed by atoms with Crippen LogP contribution in [-0.2, 0) is 6.54 Å². The van der Waals surface area contributed by atoms with E-state index in [0.717, 1.165) is 16.8 Å². The Kier molecular flexibility index (Phi) is 5.18. The van der Waals surface area contributed by atoms with Crippen LogP contribution in [0.5, 0.6) is 0 Å². The van der Waals surface area contributed by atoms with Crippen LogP contribution in [0.3, 0.4) is 0 Å². The summed E-state index contributed by atoms with van der Waals surface area (Å²) in [6.07, 6.45) is 1.42. The van der Waals surface area contributed by atoms with Crippen molar-refractivity contribution in [2.45, 2.75) is 26.0 Å². The van der Waals surface area contributed by atoms with Crippen molar-refractivity contribution in [3.05, 3.63) is 47.8 Å². The van der Waals surface area contributed by atoms with E-state index in [2.05, 4.69) is 10.4 Å². The molecule has 2 N–H and O–H groups in total. The first-order valence-electron chi connectivity index (χ1n) is 7.37. The molecular formula is C16H20F2N4O2. The Bertz CT molecular complexity index is 705. The molecule has 24 heavy (non-hydrogen) atoms. The first-order chi connectivity index (χ1) is 11.2. The van der Waals surface area contributed by atoms with Crippen LogP contribution in [-0.4, -0.2) is 45.0 Å². The number of hydrogen-bond donors (Lipinski definition) is 2. The molecule has 0 aliphatic heterocycles. The van der Waals surface area contributed by atoms with Gasteiger partial charge in [0.05, 0.1) is 24.4 Å². The minimum absolute atomic E-state index is 0.0953. The summed E-state index contributed by atoms with van der Waals surface area (Å²) < 4.78 is 28.5. The number of para-hydroxylation sites is 1. The highest BCUT2D eigenvalue weighted by molar-refractivity contribution is 5.73. The van der Waals surface area contributed by atoms with Gasteiger partial charge >= 0.3 is 6.03 Å². The Labute approximate surface area is 138 Å². The summed E-state index contributed by atoms with van der Waals surface area (Å²) in [5.74, 6) is -1.45. The number of nitrogens with one attached hydrogen (secondary N) is 1. The number of urea groups is 1. The van der Waals surface area contributed by atoms with Crippen molar-refractivity contribution in [2.75, 3.05) is 13.6 Å². The molecule has 0 atom stereocenters. The summed E-state index contributed by atoms with van der Waals surface area (Å²) in [5, 5.41) is 16.4. The number of rotatable bonds is 5. The van der Waals surface area contributed by atoms with Crippen molar-refractivity contribution in [2.24, 2.45) is 0 Å². The van der Waals surface area contributed by atoms with Gasteiger partial charge in [-0.1, -0.05) is 6.07 Å². The fourth-order valence-corrected chi connectivity index (χ4v) is 2.24. The molecule has 130 valence electrons. The predicted octanol–water partition coefficient (Wildman–Crippen LogP) is 2.06. The molecule has 0 saturated heterocycles. The van der Waals surface area contributed by atoms with Gasteiger partial charge in [-0.3, -0.25) is 0 Å². The van der Waals surface area contributed by atoms with Crippen molar-refractivity contribution in [3.63, 3.8) is 0 Å². The number of benzene rings is 1. The summed E-state index contributed by atoms with van der Waals surface area (Å²) in [7, 11) is 1.56. The number of amides is 2. The third kappa shape index (κ3) is 4.51. The van der Waals surface area contributed by atoms with Crippen LogP contribution in [0.15, 0.2) is 30.5 Å². The van der Waals surface area contributed by atoms with Gasteiger partial charge in [0.2, 0.25) is 0 Å². The average Bonchev–Trinajstić information content (AvgIpc) is 2.91. The van der Waals surface area contributed by atoms with Gasteiger partial charge in [0.25, 0.3) is 0 Å². The number of aliphatic hydroxyl groups is 1. The van der Waals surface area contributed by atoms with Gasteiger partial charge in [0.15, 0.2) is 11.6 Å². The van der Waals surface area contributed by atoms with Crippen molar-refractivity contribution >= 4 is 6.03 Å². The number of hydrogen-bond acceptors (Lipinski definition) is 3. The predicted molar refractivity (Wildman–Crippen MR) is 84.6 cm³/mol. The maximum atomic E-state index is 13.7. The topological polar surface area (TPSA) is 70.4 Å². The monoisotopic (exact) mass is 338 g/mol. The number of carbonyl (C=O) groups excluding carboxylic acids is 1. The number of likely N-dealkylation sites (N-methyl/N-ethyl adjacent to an activating group) is 1. The van der Waals surface area contributed by atoms with E-state index in [1.165, 1.54) is 17.2 Å². The van der Waals surface area contributed by atoms with Crippen molar-refractivity contribution < 1.29 is 18.7 Å². The smallest absolute Gasteiger partial charge is 0.317 e. The first-order valence-corrected chi connectivity index (χ1v) is 7.37. The summed E-state index contributed by atoms with van der Waals surface area (Å²) in [6.45, 7) is 3.45. The second-order valence-electron chi connectivity index (χ2n) is 6.15. The molecule has 2 aromatic rings. The summed E-state index contributed by atoms with van der Waals surface area (Å²) in [4.78, 5) is 13.3.